The number of hydrogen-bond donors (Lipinski definition) is 1. The first-order valence-corrected chi connectivity index (χ1v) is 5.83. The number of likely N-dealkylation sites (tertiary alicyclic amines) is 1. The van der Waals surface area contributed by atoms with Crippen molar-refractivity contribution in [2.45, 2.75) is 6.10 Å². The van der Waals surface area contributed by atoms with Crippen LogP contribution in [0.1, 0.15) is 0 Å². The van der Waals surface area contributed by atoms with Gasteiger partial charge in [-0.25, -0.2) is 0 Å². The molecule has 0 aliphatic carbocycles. The molecule has 1 aromatic rings. The predicted octanol–water partition coefficient (Wildman–Crippen LogP) is 0.220. The molecule has 18 heavy (non-hydrogen) atoms. The van der Waals surface area contributed by atoms with Crippen LogP contribution in [0, 0.1) is 11.3 Å². The number of carbonyl (C=O) groups excluding carboxylic acids is 1. The second-order valence-corrected chi connectivity index (χ2v) is 4.32. The fourth-order valence-corrected chi connectivity index (χ4v) is 1.95. The molecule has 2 rings (SSSR count). The fourth-order valence-electron chi connectivity index (χ4n) is 1.95. The third kappa shape index (κ3) is 2.86. The van der Waals surface area contributed by atoms with Crippen LogP contribution in [0.3, 0.4) is 0 Å². The molecule has 0 saturated carbocycles. The van der Waals surface area contributed by atoms with E-state index in [0.717, 1.165) is 5.69 Å². The maximum absolute atomic E-state index is 12.1. The summed E-state index contributed by atoms with van der Waals surface area (Å²) in [6.45, 7) is 1.34. The average Bonchev–Trinajstić information content (AvgIpc) is 2.35. The normalized spacial score (nSPS) is 15.8. The van der Waals surface area contributed by atoms with Gasteiger partial charge in [0.15, 0.2) is 0 Å². The van der Waals surface area contributed by atoms with Crippen molar-refractivity contribution in [3.63, 3.8) is 0 Å². The van der Waals surface area contributed by atoms with Gasteiger partial charge in [0.25, 0.3) is 0 Å². The van der Waals surface area contributed by atoms with Crippen molar-refractivity contribution in [3.05, 3.63) is 30.3 Å². The van der Waals surface area contributed by atoms with Gasteiger partial charge < -0.3 is 5.11 Å². The number of benzene rings is 1. The zero-order valence-corrected chi connectivity index (χ0v) is 9.99. The first-order chi connectivity index (χ1) is 8.70. The van der Waals surface area contributed by atoms with Crippen LogP contribution in [-0.2, 0) is 4.79 Å². The number of nitriles is 1. The lowest BCUT2D eigenvalue weighted by atomic mass is 10.1. The van der Waals surface area contributed by atoms with Gasteiger partial charge in [-0.05, 0) is 12.1 Å². The van der Waals surface area contributed by atoms with Gasteiger partial charge in [-0.15, -0.1) is 0 Å². The molecule has 0 spiro atoms. The molecule has 1 aliphatic rings. The van der Waals surface area contributed by atoms with E-state index in [1.807, 2.05) is 29.2 Å². The summed E-state index contributed by atoms with van der Waals surface area (Å²) in [5, 5.41) is 18.0. The standard InChI is InChI=1S/C13H15N3O2/c14-6-7-16(11-4-2-1-3-5-11)13(18)10-15-8-12(17)9-15/h1-5,12,17H,7-10H2. The molecule has 94 valence electrons. The zero-order chi connectivity index (χ0) is 13.0. The summed E-state index contributed by atoms with van der Waals surface area (Å²) < 4.78 is 0. The highest BCUT2D eigenvalue weighted by atomic mass is 16.3. The Morgan fingerprint density at radius 3 is 2.67 bits per heavy atom. The van der Waals surface area contributed by atoms with Crippen LogP contribution >= 0.6 is 0 Å². The minimum atomic E-state index is -0.320. The van der Waals surface area contributed by atoms with Gasteiger partial charge in [-0.3, -0.25) is 14.6 Å². The maximum Gasteiger partial charge on any atom is 0.242 e. The molecule has 1 aliphatic heterocycles. The topological polar surface area (TPSA) is 67.6 Å². The Hall–Kier alpha value is -1.90. The summed E-state index contributed by atoms with van der Waals surface area (Å²) in [5.41, 5.74) is 0.727. The van der Waals surface area contributed by atoms with E-state index < -0.39 is 0 Å². The summed E-state index contributed by atoms with van der Waals surface area (Å²) in [4.78, 5) is 15.4. The predicted molar refractivity (Wildman–Crippen MR) is 66.9 cm³/mol. The van der Waals surface area contributed by atoms with Crippen molar-refractivity contribution >= 4 is 11.6 Å². The Kier molecular flexibility index (Phi) is 3.92. The highest BCUT2D eigenvalue weighted by molar-refractivity contribution is 5.95. The van der Waals surface area contributed by atoms with Gasteiger partial charge in [-0.1, -0.05) is 18.2 Å². The molecule has 5 heteroatoms. The van der Waals surface area contributed by atoms with E-state index in [1.54, 1.807) is 12.1 Å². The van der Waals surface area contributed by atoms with Crippen molar-refractivity contribution in [2.75, 3.05) is 31.1 Å². The lowest BCUT2D eigenvalue weighted by Crippen LogP contribution is -2.54. The number of nitrogens with zero attached hydrogens (tertiary/aromatic N) is 3. The number of amides is 1. The lowest BCUT2D eigenvalue weighted by molar-refractivity contribution is -0.122. The molecule has 1 saturated heterocycles. The van der Waals surface area contributed by atoms with E-state index in [1.165, 1.54) is 4.90 Å². The van der Waals surface area contributed by atoms with Crippen LogP contribution in [0.15, 0.2) is 30.3 Å². The monoisotopic (exact) mass is 245 g/mol. The number of para-hydroxylation sites is 1. The second kappa shape index (κ2) is 5.63. The lowest BCUT2D eigenvalue weighted by Gasteiger charge is -2.36. The molecule has 0 aromatic heterocycles. The molecule has 5 nitrogen and oxygen atoms in total. The van der Waals surface area contributed by atoms with Gasteiger partial charge in [0.2, 0.25) is 5.91 Å². The van der Waals surface area contributed by atoms with E-state index >= 15 is 0 Å². The number of anilines is 1. The molecular weight excluding hydrogens is 230 g/mol. The quantitative estimate of drug-likeness (QED) is 0.770. The molecular formula is C13H15N3O2. The van der Waals surface area contributed by atoms with E-state index in [0.29, 0.717) is 13.1 Å². The van der Waals surface area contributed by atoms with E-state index in [-0.39, 0.29) is 25.1 Å². The Labute approximate surface area is 106 Å². The van der Waals surface area contributed by atoms with Crippen molar-refractivity contribution in [2.24, 2.45) is 0 Å². The molecule has 1 amide bonds. The molecule has 0 atom stereocenters. The van der Waals surface area contributed by atoms with Gasteiger partial charge in [0.1, 0.15) is 6.54 Å². The van der Waals surface area contributed by atoms with E-state index in [2.05, 4.69) is 0 Å². The maximum atomic E-state index is 12.1. The van der Waals surface area contributed by atoms with Crippen LogP contribution in [0.25, 0.3) is 0 Å². The van der Waals surface area contributed by atoms with Crippen LogP contribution in [-0.4, -0.2) is 48.2 Å². The number of aliphatic hydroxyl groups is 1. The molecule has 0 radical (unpaired) electrons. The van der Waals surface area contributed by atoms with Crippen LogP contribution in [0.5, 0.6) is 0 Å². The highest BCUT2D eigenvalue weighted by Crippen LogP contribution is 2.14. The number of carbonyl (C=O) groups is 1. The molecule has 1 fully saturated rings. The first-order valence-electron chi connectivity index (χ1n) is 5.83. The largest absolute Gasteiger partial charge is 0.390 e. The van der Waals surface area contributed by atoms with Gasteiger partial charge >= 0.3 is 0 Å². The summed E-state index contributed by atoms with van der Waals surface area (Å²) in [6.07, 6.45) is -0.320. The smallest absolute Gasteiger partial charge is 0.242 e. The minimum Gasteiger partial charge on any atom is -0.390 e. The van der Waals surface area contributed by atoms with Gasteiger partial charge in [0, 0.05) is 18.8 Å². The van der Waals surface area contributed by atoms with Crippen molar-refractivity contribution < 1.29 is 9.90 Å². The second-order valence-electron chi connectivity index (χ2n) is 4.32. The molecule has 1 heterocycles. The van der Waals surface area contributed by atoms with E-state index in [4.69, 9.17) is 5.26 Å². The Morgan fingerprint density at radius 1 is 1.44 bits per heavy atom. The summed E-state index contributed by atoms with van der Waals surface area (Å²) in [6, 6.07) is 11.1. The van der Waals surface area contributed by atoms with Crippen molar-refractivity contribution in [3.8, 4) is 6.07 Å². The fraction of sp³-hybridized carbons (Fsp3) is 0.385. The van der Waals surface area contributed by atoms with Crippen LogP contribution in [0.2, 0.25) is 0 Å². The Bertz CT molecular complexity index is 449. The van der Waals surface area contributed by atoms with Gasteiger partial charge in [0.05, 0.1) is 18.7 Å². The van der Waals surface area contributed by atoms with Crippen molar-refractivity contribution in [1.82, 2.24) is 4.90 Å². The molecule has 1 N–H and O–H groups in total. The van der Waals surface area contributed by atoms with Crippen LogP contribution < -0.4 is 4.90 Å². The third-order valence-corrected chi connectivity index (χ3v) is 2.89. The van der Waals surface area contributed by atoms with Crippen LogP contribution in [0.4, 0.5) is 5.69 Å². The Balaban J connectivity index is 2.01. The van der Waals surface area contributed by atoms with Gasteiger partial charge in [-0.2, -0.15) is 5.26 Å². The van der Waals surface area contributed by atoms with Crippen molar-refractivity contribution in [1.29, 1.82) is 5.26 Å². The Morgan fingerprint density at radius 2 is 2.11 bits per heavy atom. The summed E-state index contributed by atoms with van der Waals surface area (Å²) >= 11 is 0. The van der Waals surface area contributed by atoms with E-state index in [9.17, 15) is 9.90 Å². The molecule has 1 aromatic carbocycles. The average molecular weight is 245 g/mol. The number of aliphatic hydroxyl groups excluding tert-OH is 1. The SMILES string of the molecule is N#CCN(C(=O)CN1CC(O)C1)c1ccccc1. The first kappa shape index (κ1) is 12.6. The highest BCUT2D eigenvalue weighted by Gasteiger charge is 2.28. The number of β-amino-alcohol motifs (C(OH)–C–C–N with tert-alkyl or cyclic N) is 1. The summed E-state index contributed by atoms with van der Waals surface area (Å²) in [7, 11) is 0. The molecule has 0 unspecified atom stereocenters. The summed E-state index contributed by atoms with van der Waals surface area (Å²) in [5.74, 6) is -0.116. The number of hydrogen-bond acceptors (Lipinski definition) is 4. The zero-order valence-electron chi connectivity index (χ0n) is 9.99. The minimum absolute atomic E-state index is 0.0409. The molecule has 0 bridgehead atoms. The number of rotatable bonds is 4. The third-order valence-electron chi connectivity index (χ3n) is 2.89.